The van der Waals surface area contributed by atoms with Gasteiger partial charge in [-0.25, -0.2) is 0 Å². The predicted octanol–water partition coefficient (Wildman–Crippen LogP) is 2.33. The lowest BCUT2D eigenvalue weighted by atomic mass is 9.76. The minimum Gasteiger partial charge on any atom is -0.417 e. The minimum absolute atomic E-state index is 0.186. The van der Waals surface area contributed by atoms with Gasteiger partial charge < -0.3 is 15.5 Å². The number of nitrogens with one attached hydrogen (secondary N) is 1. The molecule has 1 heterocycles. The van der Waals surface area contributed by atoms with E-state index in [-0.39, 0.29) is 10.9 Å². The Bertz CT molecular complexity index is 469. The molecule has 2 unspecified atom stereocenters. The molecule has 0 radical (unpaired) electrons. The Morgan fingerprint density at radius 1 is 1.45 bits per heavy atom. The van der Waals surface area contributed by atoms with Gasteiger partial charge in [-0.15, -0.1) is 0 Å². The average molecular weight is 327 g/mol. The molecule has 0 aliphatic carbocycles. The second-order valence-corrected chi connectivity index (χ2v) is 12.7. The number of primary amides is 1. The highest BCUT2D eigenvalue weighted by Gasteiger charge is 2.40. The lowest BCUT2D eigenvalue weighted by molar-refractivity contribution is -0.128. The Morgan fingerprint density at radius 3 is 2.55 bits per heavy atom. The fraction of sp³-hybridized carbons (Fsp3) is 0.750. The molecule has 0 spiro atoms. The molecule has 0 fully saturated rings. The normalized spacial score (nSPS) is 25.9. The van der Waals surface area contributed by atoms with Gasteiger partial charge in [-0.1, -0.05) is 33.8 Å². The van der Waals surface area contributed by atoms with E-state index in [0.29, 0.717) is 6.61 Å². The fourth-order valence-corrected chi connectivity index (χ4v) is 3.43. The third-order valence-electron chi connectivity index (χ3n) is 4.97. The van der Waals surface area contributed by atoms with Crippen LogP contribution in [0, 0.1) is 5.41 Å². The standard InChI is InChI=1S/C16H30N2O3Si/c1-15(2,3)22(5,6)21-11-7-9-16(4)10-8-12(19)18-13(16)14(17)20/h8,10,13H,7,9,11H2,1-6H3,(H2,17,20)(H,18,19). The van der Waals surface area contributed by atoms with Gasteiger partial charge in [0.2, 0.25) is 11.8 Å². The maximum absolute atomic E-state index is 11.6. The van der Waals surface area contributed by atoms with Crippen LogP contribution in [-0.4, -0.2) is 32.8 Å². The predicted molar refractivity (Wildman–Crippen MR) is 90.8 cm³/mol. The molecule has 6 heteroatoms. The summed E-state index contributed by atoms with van der Waals surface area (Å²) in [5, 5.41) is 2.84. The quantitative estimate of drug-likeness (QED) is 0.580. The van der Waals surface area contributed by atoms with Crippen LogP contribution in [0.3, 0.4) is 0 Å². The van der Waals surface area contributed by atoms with Crippen molar-refractivity contribution in [2.75, 3.05) is 6.61 Å². The van der Waals surface area contributed by atoms with Crippen molar-refractivity contribution in [3.63, 3.8) is 0 Å². The summed E-state index contributed by atoms with van der Waals surface area (Å²) in [7, 11) is -1.75. The SMILES string of the molecule is CC1(CCCO[Si](C)(C)C(C)(C)C)C=CC(=O)NC1C(N)=O. The third-order valence-corrected chi connectivity index (χ3v) is 9.51. The molecular formula is C16H30N2O3Si. The van der Waals surface area contributed by atoms with Crippen LogP contribution in [0.5, 0.6) is 0 Å². The number of carbonyl (C=O) groups excluding carboxylic acids is 2. The lowest BCUT2D eigenvalue weighted by Gasteiger charge is -2.38. The summed E-state index contributed by atoms with van der Waals surface area (Å²) >= 11 is 0. The molecule has 0 saturated heterocycles. The smallest absolute Gasteiger partial charge is 0.244 e. The first-order chi connectivity index (χ1) is 9.89. The number of carbonyl (C=O) groups is 2. The number of rotatable bonds is 6. The topological polar surface area (TPSA) is 81.4 Å². The van der Waals surface area contributed by atoms with Crippen LogP contribution in [0.4, 0.5) is 0 Å². The van der Waals surface area contributed by atoms with E-state index in [1.165, 1.54) is 6.08 Å². The second-order valence-electron chi connectivity index (χ2n) is 7.90. The first-order valence-corrected chi connectivity index (χ1v) is 10.7. The average Bonchev–Trinajstić information content (AvgIpc) is 2.36. The van der Waals surface area contributed by atoms with E-state index in [0.717, 1.165) is 12.8 Å². The summed E-state index contributed by atoms with van der Waals surface area (Å²) < 4.78 is 6.16. The molecule has 126 valence electrons. The van der Waals surface area contributed by atoms with Gasteiger partial charge in [0.15, 0.2) is 8.32 Å². The van der Waals surface area contributed by atoms with E-state index in [1.807, 2.05) is 6.92 Å². The molecule has 0 aromatic heterocycles. The van der Waals surface area contributed by atoms with E-state index in [2.05, 4.69) is 39.2 Å². The number of nitrogens with two attached hydrogens (primary N) is 1. The maximum atomic E-state index is 11.6. The highest BCUT2D eigenvalue weighted by atomic mass is 28.4. The van der Waals surface area contributed by atoms with Gasteiger partial charge in [-0.3, -0.25) is 9.59 Å². The van der Waals surface area contributed by atoms with Crippen molar-refractivity contribution in [2.45, 2.75) is 64.7 Å². The molecule has 0 saturated carbocycles. The molecule has 3 N–H and O–H groups in total. The van der Waals surface area contributed by atoms with Crippen LogP contribution in [0.15, 0.2) is 12.2 Å². The summed E-state index contributed by atoms with van der Waals surface area (Å²) in [6.07, 6.45) is 4.85. The Hall–Kier alpha value is -1.14. The van der Waals surface area contributed by atoms with Crippen molar-refractivity contribution in [3.8, 4) is 0 Å². The number of amides is 2. The minimum atomic E-state index is -1.75. The second kappa shape index (κ2) is 6.54. The molecule has 22 heavy (non-hydrogen) atoms. The van der Waals surface area contributed by atoms with Crippen LogP contribution in [0.2, 0.25) is 18.1 Å². The first kappa shape index (κ1) is 18.9. The monoisotopic (exact) mass is 326 g/mol. The van der Waals surface area contributed by atoms with Crippen molar-refractivity contribution in [2.24, 2.45) is 11.1 Å². The molecule has 0 aromatic carbocycles. The molecular weight excluding hydrogens is 296 g/mol. The highest BCUT2D eigenvalue weighted by molar-refractivity contribution is 6.74. The van der Waals surface area contributed by atoms with Gasteiger partial charge in [-0.2, -0.15) is 0 Å². The van der Waals surface area contributed by atoms with Gasteiger partial charge in [-0.05, 0) is 37.0 Å². The van der Waals surface area contributed by atoms with Crippen LogP contribution >= 0.6 is 0 Å². The Kier molecular flexibility index (Phi) is 5.62. The zero-order chi connectivity index (χ0) is 17.2. The number of hydrogen-bond donors (Lipinski definition) is 2. The van der Waals surface area contributed by atoms with Gasteiger partial charge in [0, 0.05) is 12.0 Å². The highest BCUT2D eigenvalue weighted by Crippen LogP contribution is 2.37. The molecule has 1 aliphatic heterocycles. The van der Waals surface area contributed by atoms with Gasteiger partial charge >= 0.3 is 0 Å². The molecule has 2 amide bonds. The summed E-state index contributed by atoms with van der Waals surface area (Å²) in [5.74, 6) is -0.760. The summed E-state index contributed by atoms with van der Waals surface area (Å²) in [5.41, 5.74) is 4.98. The Morgan fingerprint density at radius 2 is 2.05 bits per heavy atom. The van der Waals surface area contributed by atoms with E-state index in [1.54, 1.807) is 6.08 Å². The van der Waals surface area contributed by atoms with E-state index in [4.69, 9.17) is 10.2 Å². The van der Waals surface area contributed by atoms with Crippen molar-refractivity contribution in [1.29, 1.82) is 0 Å². The van der Waals surface area contributed by atoms with Gasteiger partial charge in [0.25, 0.3) is 0 Å². The molecule has 1 aliphatic rings. The van der Waals surface area contributed by atoms with Gasteiger partial charge in [0.05, 0.1) is 0 Å². The molecule has 1 rings (SSSR count). The Balaban J connectivity index is 2.61. The van der Waals surface area contributed by atoms with Crippen molar-refractivity contribution in [3.05, 3.63) is 12.2 Å². The van der Waals surface area contributed by atoms with Crippen molar-refractivity contribution < 1.29 is 14.0 Å². The third kappa shape index (κ3) is 4.43. The molecule has 5 nitrogen and oxygen atoms in total. The van der Waals surface area contributed by atoms with Crippen molar-refractivity contribution >= 4 is 20.1 Å². The molecule has 0 bridgehead atoms. The largest absolute Gasteiger partial charge is 0.417 e. The van der Waals surface area contributed by atoms with Crippen LogP contribution in [-0.2, 0) is 14.0 Å². The number of hydrogen-bond acceptors (Lipinski definition) is 3. The fourth-order valence-electron chi connectivity index (χ4n) is 2.34. The lowest BCUT2D eigenvalue weighted by Crippen LogP contribution is -2.55. The van der Waals surface area contributed by atoms with E-state index in [9.17, 15) is 9.59 Å². The first-order valence-electron chi connectivity index (χ1n) is 7.82. The van der Waals surface area contributed by atoms with E-state index >= 15 is 0 Å². The molecule has 2 atom stereocenters. The Labute approximate surface area is 134 Å². The summed E-state index contributed by atoms with van der Waals surface area (Å²) in [4.78, 5) is 23.0. The van der Waals surface area contributed by atoms with Crippen LogP contribution < -0.4 is 11.1 Å². The van der Waals surface area contributed by atoms with Crippen LogP contribution in [0.1, 0.15) is 40.5 Å². The zero-order valence-corrected chi connectivity index (χ0v) is 15.7. The summed E-state index contributed by atoms with van der Waals surface area (Å²) in [6.45, 7) is 13.7. The maximum Gasteiger partial charge on any atom is 0.244 e. The van der Waals surface area contributed by atoms with Crippen molar-refractivity contribution in [1.82, 2.24) is 5.32 Å². The van der Waals surface area contributed by atoms with Gasteiger partial charge in [0.1, 0.15) is 6.04 Å². The van der Waals surface area contributed by atoms with Crippen LogP contribution in [0.25, 0.3) is 0 Å². The molecule has 0 aromatic rings. The van der Waals surface area contributed by atoms with E-state index < -0.39 is 25.7 Å². The zero-order valence-electron chi connectivity index (χ0n) is 14.7. The summed E-state index contributed by atoms with van der Waals surface area (Å²) in [6, 6.07) is -0.655.